The van der Waals surface area contributed by atoms with E-state index in [0.717, 1.165) is 17.8 Å². The molecule has 2 atom stereocenters. The van der Waals surface area contributed by atoms with Crippen molar-refractivity contribution in [1.82, 2.24) is 9.78 Å². The van der Waals surface area contributed by atoms with Gasteiger partial charge in [-0.1, -0.05) is 18.2 Å². The first-order valence-electron chi connectivity index (χ1n) is 6.10. The highest BCUT2D eigenvalue weighted by molar-refractivity contribution is 5.33. The standard InChI is InChI=1S/C14H19N3O/c1-11(18-2)10-13(15)14-8-9-16-17(14)12-6-4-3-5-7-12/h3-9,11,13H,10,15H2,1-2H3. The highest BCUT2D eigenvalue weighted by Crippen LogP contribution is 2.19. The molecular formula is C14H19N3O. The van der Waals surface area contributed by atoms with Crippen LogP contribution in [0.1, 0.15) is 25.1 Å². The van der Waals surface area contributed by atoms with E-state index in [2.05, 4.69) is 5.10 Å². The van der Waals surface area contributed by atoms with Gasteiger partial charge in [-0.25, -0.2) is 4.68 Å². The van der Waals surface area contributed by atoms with Gasteiger partial charge >= 0.3 is 0 Å². The van der Waals surface area contributed by atoms with Crippen LogP contribution in [0.3, 0.4) is 0 Å². The van der Waals surface area contributed by atoms with E-state index in [0.29, 0.717) is 0 Å². The topological polar surface area (TPSA) is 53.1 Å². The minimum absolute atomic E-state index is 0.0809. The second kappa shape index (κ2) is 5.80. The number of methoxy groups -OCH3 is 1. The predicted octanol–water partition coefficient (Wildman–Crippen LogP) is 2.30. The number of benzene rings is 1. The Labute approximate surface area is 107 Å². The van der Waals surface area contributed by atoms with Crippen molar-refractivity contribution >= 4 is 0 Å². The Hall–Kier alpha value is -1.65. The van der Waals surface area contributed by atoms with E-state index in [4.69, 9.17) is 10.5 Å². The molecule has 0 radical (unpaired) electrons. The highest BCUT2D eigenvalue weighted by atomic mass is 16.5. The molecule has 1 heterocycles. The van der Waals surface area contributed by atoms with Crippen LogP contribution in [-0.4, -0.2) is 23.0 Å². The van der Waals surface area contributed by atoms with Crippen molar-refractivity contribution in [3.8, 4) is 5.69 Å². The lowest BCUT2D eigenvalue weighted by Crippen LogP contribution is -2.21. The van der Waals surface area contributed by atoms with E-state index in [1.54, 1.807) is 13.3 Å². The molecule has 4 nitrogen and oxygen atoms in total. The van der Waals surface area contributed by atoms with Crippen LogP contribution in [0.15, 0.2) is 42.6 Å². The van der Waals surface area contributed by atoms with Gasteiger partial charge in [-0.15, -0.1) is 0 Å². The molecule has 0 fully saturated rings. The van der Waals surface area contributed by atoms with Crippen molar-refractivity contribution in [3.63, 3.8) is 0 Å². The predicted molar refractivity (Wildman–Crippen MR) is 71.6 cm³/mol. The molecule has 2 N–H and O–H groups in total. The maximum absolute atomic E-state index is 6.21. The average Bonchev–Trinajstić information content (AvgIpc) is 2.88. The first-order chi connectivity index (χ1) is 8.72. The van der Waals surface area contributed by atoms with Crippen molar-refractivity contribution in [2.45, 2.75) is 25.5 Å². The first-order valence-corrected chi connectivity index (χ1v) is 6.10. The Kier molecular flexibility index (Phi) is 4.12. The van der Waals surface area contributed by atoms with E-state index in [9.17, 15) is 0 Å². The number of hydrogen-bond donors (Lipinski definition) is 1. The van der Waals surface area contributed by atoms with Crippen LogP contribution in [0, 0.1) is 0 Å². The molecule has 0 bridgehead atoms. The van der Waals surface area contributed by atoms with E-state index in [1.807, 2.05) is 48.0 Å². The zero-order valence-electron chi connectivity index (χ0n) is 10.8. The minimum atomic E-state index is -0.0809. The lowest BCUT2D eigenvalue weighted by molar-refractivity contribution is 0.104. The number of ether oxygens (including phenoxy) is 1. The summed E-state index contributed by atoms with van der Waals surface area (Å²) in [6.45, 7) is 2.02. The van der Waals surface area contributed by atoms with E-state index in [-0.39, 0.29) is 12.1 Å². The van der Waals surface area contributed by atoms with Gasteiger partial charge in [0.2, 0.25) is 0 Å². The molecule has 0 amide bonds. The van der Waals surface area contributed by atoms with Gasteiger partial charge in [-0.05, 0) is 31.5 Å². The summed E-state index contributed by atoms with van der Waals surface area (Å²) in [5.74, 6) is 0. The Bertz CT molecular complexity index is 481. The summed E-state index contributed by atoms with van der Waals surface area (Å²) in [5, 5.41) is 4.34. The summed E-state index contributed by atoms with van der Waals surface area (Å²) in [7, 11) is 1.70. The molecule has 0 saturated heterocycles. The SMILES string of the molecule is COC(C)CC(N)c1ccnn1-c1ccccc1. The highest BCUT2D eigenvalue weighted by Gasteiger charge is 2.15. The van der Waals surface area contributed by atoms with Crippen LogP contribution < -0.4 is 5.73 Å². The molecule has 0 aliphatic heterocycles. The molecule has 1 aromatic carbocycles. The maximum Gasteiger partial charge on any atom is 0.0649 e. The number of hydrogen-bond acceptors (Lipinski definition) is 3. The number of nitrogens with two attached hydrogens (primary N) is 1. The quantitative estimate of drug-likeness (QED) is 0.879. The van der Waals surface area contributed by atoms with Crippen LogP contribution in [0.5, 0.6) is 0 Å². The summed E-state index contributed by atoms with van der Waals surface area (Å²) in [6.07, 6.45) is 2.69. The first kappa shape index (κ1) is 12.8. The molecule has 2 rings (SSSR count). The fourth-order valence-corrected chi connectivity index (χ4v) is 1.95. The molecule has 0 aliphatic carbocycles. The number of rotatable bonds is 5. The van der Waals surface area contributed by atoms with Crippen LogP contribution >= 0.6 is 0 Å². The third-order valence-corrected chi connectivity index (χ3v) is 3.04. The van der Waals surface area contributed by atoms with Crippen molar-refractivity contribution in [3.05, 3.63) is 48.3 Å². The zero-order valence-corrected chi connectivity index (χ0v) is 10.8. The summed E-state index contributed by atoms with van der Waals surface area (Å²) in [6, 6.07) is 11.9. The number of para-hydroxylation sites is 1. The van der Waals surface area contributed by atoms with Crippen molar-refractivity contribution in [2.75, 3.05) is 7.11 Å². The van der Waals surface area contributed by atoms with Crippen LogP contribution in [0.2, 0.25) is 0 Å². The monoisotopic (exact) mass is 245 g/mol. The Balaban J connectivity index is 2.23. The summed E-state index contributed by atoms with van der Waals surface area (Å²) in [4.78, 5) is 0. The Morgan fingerprint density at radius 3 is 2.67 bits per heavy atom. The van der Waals surface area contributed by atoms with Gasteiger partial charge in [-0.3, -0.25) is 0 Å². The van der Waals surface area contributed by atoms with Crippen LogP contribution in [-0.2, 0) is 4.74 Å². The van der Waals surface area contributed by atoms with E-state index >= 15 is 0 Å². The van der Waals surface area contributed by atoms with Crippen molar-refractivity contribution in [2.24, 2.45) is 5.73 Å². The number of aromatic nitrogens is 2. The van der Waals surface area contributed by atoms with Crippen LogP contribution in [0.4, 0.5) is 0 Å². The van der Waals surface area contributed by atoms with Crippen molar-refractivity contribution < 1.29 is 4.74 Å². The third-order valence-electron chi connectivity index (χ3n) is 3.04. The lowest BCUT2D eigenvalue weighted by atomic mass is 10.1. The van der Waals surface area contributed by atoms with Crippen molar-refractivity contribution in [1.29, 1.82) is 0 Å². The Morgan fingerprint density at radius 1 is 1.28 bits per heavy atom. The fraction of sp³-hybridized carbons (Fsp3) is 0.357. The molecule has 4 heteroatoms. The van der Waals surface area contributed by atoms with Gasteiger partial charge in [0.25, 0.3) is 0 Å². The molecule has 0 aliphatic rings. The van der Waals surface area contributed by atoms with Crippen LogP contribution in [0.25, 0.3) is 5.69 Å². The normalized spacial score (nSPS) is 14.4. The van der Waals surface area contributed by atoms with Gasteiger partial charge in [0, 0.05) is 19.3 Å². The average molecular weight is 245 g/mol. The molecule has 96 valence electrons. The molecule has 2 unspecified atom stereocenters. The summed E-state index contributed by atoms with van der Waals surface area (Å²) >= 11 is 0. The fourth-order valence-electron chi connectivity index (χ4n) is 1.95. The second-order valence-electron chi connectivity index (χ2n) is 4.39. The molecule has 0 spiro atoms. The Morgan fingerprint density at radius 2 is 2.00 bits per heavy atom. The van der Waals surface area contributed by atoms with Gasteiger partial charge in [0.1, 0.15) is 0 Å². The van der Waals surface area contributed by atoms with Gasteiger partial charge < -0.3 is 10.5 Å². The second-order valence-corrected chi connectivity index (χ2v) is 4.39. The molecule has 0 saturated carbocycles. The largest absolute Gasteiger partial charge is 0.382 e. The molecule has 18 heavy (non-hydrogen) atoms. The third kappa shape index (κ3) is 2.78. The van der Waals surface area contributed by atoms with E-state index in [1.165, 1.54) is 0 Å². The molecule has 2 aromatic rings. The zero-order chi connectivity index (χ0) is 13.0. The van der Waals surface area contributed by atoms with E-state index < -0.39 is 0 Å². The smallest absolute Gasteiger partial charge is 0.0649 e. The number of nitrogens with zero attached hydrogens (tertiary/aromatic N) is 2. The summed E-state index contributed by atoms with van der Waals surface area (Å²) < 4.78 is 7.14. The van der Waals surface area contributed by atoms with Gasteiger partial charge in [0.15, 0.2) is 0 Å². The lowest BCUT2D eigenvalue weighted by Gasteiger charge is -2.17. The molecular weight excluding hydrogens is 226 g/mol. The maximum atomic E-state index is 6.21. The van der Waals surface area contributed by atoms with Gasteiger partial charge in [-0.2, -0.15) is 5.10 Å². The van der Waals surface area contributed by atoms with Gasteiger partial charge in [0.05, 0.1) is 17.5 Å². The minimum Gasteiger partial charge on any atom is -0.382 e. The summed E-state index contributed by atoms with van der Waals surface area (Å²) in [5.41, 5.74) is 8.24. The molecule has 1 aromatic heterocycles.